The monoisotopic (exact) mass is 911 g/mol. The van der Waals surface area contributed by atoms with Gasteiger partial charge >= 0.3 is 17.9 Å². The Hall–Kier alpha value is -5.22. The molecule has 2 heterocycles. The summed E-state index contributed by atoms with van der Waals surface area (Å²) in [7, 11) is 1.52. The number of benzene rings is 1. The number of carbonyl (C=O) groups is 8. The number of anilines is 2. The number of hydrogen-bond acceptors (Lipinski definition) is 18. The highest BCUT2D eigenvalue weighted by molar-refractivity contribution is 5.97. The summed E-state index contributed by atoms with van der Waals surface area (Å²) in [6.07, 6.45) is -8.68. The summed E-state index contributed by atoms with van der Waals surface area (Å²) in [5.74, 6) is -5.84. The van der Waals surface area contributed by atoms with Gasteiger partial charge in [0.1, 0.15) is 24.1 Å². The van der Waals surface area contributed by atoms with E-state index in [0.717, 1.165) is 0 Å². The van der Waals surface area contributed by atoms with Gasteiger partial charge in [-0.2, -0.15) is 0 Å². The van der Waals surface area contributed by atoms with Gasteiger partial charge in [-0.1, -0.05) is 0 Å². The molecule has 0 bridgehead atoms. The van der Waals surface area contributed by atoms with E-state index >= 15 is 0 Å². The van der Waals surface area contributed by atoms with E-state index in [9.17, 15) is 69.0 Å². The number of aliphatic hydroxyl groups is 3. The molecule has 0 aromatic heterocycles. The van der Waals surface area contributed by atoms with E-state index in [4.69, 9.17) is 9.47 Å². The molecule has 2 aliphatic rings. The van der Waals surface area contributed by atoms with E-state index < -0.39 is 84.8 Å². The lowest BCUT2D eigenvalue weighted by Gasteiger charge is -2.39. The summed E-state index contributed by atoms with van der Waals surface area (Å²) in [6.45, 7) is 1.92. The maximum absolute atomic E-state index is 13.3. The first kappa shape index (κ1) is 53.1. The number of carboxylic acid groups (broad SMARTS) is 3. The van der Waals surface area contributed by atoms with Gasteiger partial charge in [-0.3, -0.25) is 58.0 Å². The third-order valence-electron chi connectivity index (χ3n) is 10.2. The number of carboxylic acids is 3. The quantitative estimate of drug-likeness (QED) is 0.0519. The van der Waals surface area contributed by atoms with E-state index in [0.29, 0.717) is 18.8 Å². The van der Waals surface area contributed by atoms with Crippen molar-refractivity contribution in [3.63, 3.8) is 0 Å². The lowest BCUT2D eigenvalue weighted by Crippen LogP contribution is -2.61. The van der Waals surface area contributed by atoms with Crippen LogP contribution < -0.4 is 26.6 Å². The van der Waals surface area contributed by atoms with Crippen LogP contribution in [0.1, 0.15) is 19.8 Å². The van der Waals surface area contributed by atoms with E-state index in [1.54, 1.807) is 14.7 Å². The topological polar surface area (TPSA) is 350 Å². The number of aliphatic hydroxyl groups excluding tert-OH is 3. The summed E-state index contributed by atoms with van der Waals surface area (Å²) in [5.41, 5.74) is 0.502. The number of ketones is 1. The molecule has 6 unspecified atom stereocenters. The van der Waals surface area contributed by atoms with Crippen LogP contribution in [-0.2, 0) is 47.8 Å². The van der Waals surface area contributed by atoms with Gasteiger partial charge in [-0.25, -0.2) is 0 Å². The van der Waals surface area contributed by atoms with Crippen LogP contribution in [0.2, 0.25) is 0 Å². The lowest BCUT2D eigenvalue weighted by molar-refractivity contribution is -0.290. The van der Waals surface area contributed by atoms with Gasteiger partial charge in [-0.15, -0.1) is 0 Å². The highest BCUT2D eigenvalue weighted by Gasteiger charge is 2.47. The van der Waals surface area contributed by atoms with Crippen LogP contribution in [0, 0.1) is 0 Å². The van der Waals surface area contributed by atoms with Crippen LogP contribution in [0.15, 0.2) is 24.3 Å². The molecule has 1 aromatic rings. The maximum atomic E-state index is 13.3. The number of aliphatic carboxylic acids is 3. The van der Waals surface area contributed by atoms with E-state index in [1.807, 2.05) is 4.90 Å². The lowest BCUT2D eigenvalue weighted by atomic mass is 9.98. The summed E-state index contributed by atoms with van der Waals surface area (Å²) < 4.78 is 11.4. The predicted molar refractivity (Wildman–Crippen MR) is 224 cm³/mol. The molecule has 0 aliphatic carbocycles. The molecule has 6 atom stereocenters. The van der Waals surface area contributed by atoms with Crippen molar-refractivity contribution >= 4 is 58.7 Å². The van der Waals surface area contributed by atoms with Crippen LogP contribution in [0.3, 0.4) is 0 Å². The molecule has 2 saturated heterocycles. The minimum absolute atomic E-state index is 0.0249. The largest absolute Gasteiger partial charge is 0.480 e. The third-order valence-corrected chi connectivity index (χ3v) is 10.2. The smallest absolute Gasteiger partial charge is 0.317 e. The van der Waals surface area contributed by atoms with Gasteiger partial charge in [0, 0.05) is 76.7 Å². The number of hydrogen-bond donors (Lipinski definition) is 11. The Kier molecular flexibility index (Phi) is 22.6. The Balaban J connectivity index is 1.55. The number of nitrogens with zero attached hydrogens (tertiary/aromatic N) is 4. The van der Waals surface area contributed by atoms with Crippen molar-refractivity contribution in [1.82, 2.24) is 35.6 Å². The van der Waals surface area contributed by atoms with Gasteiger partial charge in [-0.05, 0) is 44.7 Å². The number of likely N-dealkylation sites (N-methyl/N-ethyl adjacent to an activating group) is 1. The van der Waals surface area contributed by atoms with E-state index in [1.165, 1.54) is 38.2 Å². The molecular formula is C39H61N9O16. The van der Waals surface area contributed by atoms with Gasteiger partial charge in [0.15, 0.2) is 12.4 Å². The van der Waals surface area contributed by atoms with Gasteiger partial charge in [0.25, 0.3) is 5.91 Å². The average molecular weight is 912 g/mol. The Labute approximate surface area is 369 Å². The molecule has 64 heavy (non-hydrogen) atoms. The molecule has 0 spiro atoms. The molecule has 2 fully saturated rings. The number of ether oxygens (including phenoxy) is 2. The summed E-state index contributed by atoms with van der Waals surface area (Å²) in [6, 6.07) is 4.96. The second-order valence-corrected chi connectivity index (χ2v) is 15.3. The number of amides is 4. The van der Waals surface area contributed by atoms with Crippen molar-refractivity contribution in [3.8, 4) is 0 Å². The van der Waals surface area contributed by atoms with Crippen molar-refractivity contribution in [2.45, 2.75) is 56.5 Å². The summed E-state index contributed by atoms with van der Waals surface area (Å²) in [5, 5.41) is 73.1. The second-order valence-electron chi connectivity index (χ2n) is 15.3. The van der Waals surface area contributed by atoms with Crippen LogP contribution in [0.4, 0.5) is 11.4 Å². The van der Waals surface area contributed by atoms with Crippen LogP contribution in [0.25, 0.3) is 0 Å². The minimum atomic E-state index is -1.86. The Bertz CT molecular complexity index is 1710. The van der Waals surface area contributed by atoms with E-state index in [-0.39, 0.29) is 103 Å². The summed E-state index contributed by atoms with van der Waals surface area (Å²) in [4.78, 5) is 103. The van der Waals surface area contributed by atoms with Crippen molar-refractivity contribution in [3.05, 3.63) is 24.3 Å². The first-order chi connectivity index (χ1) is 30.3. The van der Waals surface area contributed by atoms with Gasteiger partial charge in [0.2, 0.25) is 17.7 Å². The Morgan fingerprint density at radius 2 is 1.16 bits per heavy atom. The Morgan fingerprint density at radius 1 is 0.672 bits per heavy atom. The maximum Gasteiger partial charge on any atom is 0.317 e. The summed E-state index contributed by atoms with van der Waals surface area (Å²) >= 11 is 0. The SMILES string of the molecule is CNC(CCC(=O)NCC(C)=O)C(=O)NCC(=O)Nc1ccc(NC(=O)C2OC(OCCN3CCN(CC(=O)O)CCN(CC(=O)O)CCN(CC(=O)O)CC3)C(O)C(O)C2O)cc1. The molecular weight excluding hydrogens is 850 g/mol. The number of rotatable bonds is 22. The average Bonchev–Trinajstić information content (AvgIpc) is 3.23. The molecule has 3 rings (SSSR count). The molecule has 2 aliphatic heterocycles. The van der Waals surface area contributed by atoms with Crippen LogP contribution in [0.5, 0.6) is 0 Å². The highest BCUT2D eigenvalue weighted by Crippen LogP contribution is 2.24. The Morgan fingerprint density at radius 3 is 1.62 bits per heavy atom. The normalized spacial score (nSPS) is 22.5. The van der Waals surface area contributed by atoms with Gasteiger partial charge < -0.3 is 66.7 Å². The van der Waals surface area contributed by atoms with Crippen molar-refractivity contribution in [2.24, 2.45) is 0 Å². The zero-order valence-corrected chi connectivity index (χ0v) is 35.8. The number of nitrogens with one attached hydrogen (secondary N) is 5. The fourth-order valence-electron chi connectivity index (χ4n) is 6.69. The first-order valence-electron chi connectivity index (χ1n) is 20.6. The third kappa shape index (κ3) is 19.3. The molecule has 25 nitrogen and oxygen atoms in total. The molecule has 11 N–H and O–H groups in total. The first-order valence-corrected chi connectivity index (χ1v) is 20.6. The predicted octanol–water partition coefficient (Wildman–Crippen LogP) is -4.95. The van der Waals surface area contributed by atoms with E-state index in [2.05, 4.69) is 26.6 Å². The van der Waals surface area contributed by atoms with Crippen molar-refractivity contribution in [2.75, 3.05) is 116 Å². The minimum Gasteiger partial charge on any atom is -0.480 e. The zero-order valence-electron chi connectivity index (χ0n) is 35.8. The highest BCUT2D eigenvalue weighted by atomic mass is 16.7. The molecule has 358 valence electrons. The zero-order chi connectivity index (χ0) is 47.3. The fourth-order valence-corrected chi connectivity index (χ4v) is 6.69. The molecule has 0 saturated carbocycles. The fraction of sp³-hybridized carbons (Fsp3) is 0.641. The number of Topliss-reactive ketones (excluding diaryl/α,β-unsaturated/α-hetero) is 1. The van der Waals surface area contributed by atoms with Gasteiger partial charge in [0.05, 0.1) is 45.4 Å². The molecule has 0 radical (unpaired) electrons. The van der Waals surface area contributed by atoms with Crippen molar-refractivity contribution < 1.29 is 78.5 Å². The van der Waals surface area contributed by atoms with Crippen LogP contribution >= 0.6 is 0 Å². The second kappa shape index (κ2) is 27.2. The molecule has 4 amide bonds. The van der Waals surface area contributed by atoms with Crippen molar-refractivity contribution in [1.29, 1.82) is 0 Å². The number of carbonyl (C=O) groups excluding carboxylic acids is 5. The molecule has 1 aromatic carbocycles. The standard InChI is InChI=1S/C39H61N9O16/c1-24(49)19-41-28(50)8-7-27(40-2)37(61)42-20-29(51)43-25-3-5-26(6-4-25)44-38(62)36-34(59)33(58)35(60)39(64-36)63-18-17-45-9-11-46(21-30(52)53)13-15-48(23-32(56)57)16-14-47(12-10-45)22-31(54)55/h3-6,27,33-36,39-40,58-60H,7-23H2,1-2H3,(H,41,50)(H,42,61)(H,43,51)(H,44,62)(H,52,53)(H,54,55)(H,56,57). The van der Waals surface area contributed by atoms with Crippen LogP contribution in [-0.4, -0.2) is 240 Å². The molecule has 25 heteroatoms.